The number of carbonyl (C=O) groups excluding carboxylic acids is 1. The van der Waals surface area contributed by atoms with E-state index in [0.717, 1.165) is 13.0 Å². The Labute approximate surface area is 122 Å². The molecule has 1 aromatic carbocycles. The van der Waals surface area contributed by atoms with Crippen LogP contribution in [0.1, 0.15) is 57.1 Å². The predicted molar refractivity (Wildman–Crippen MR) is 81.4 cm³/mol. The van der Waals surface area contributed by atoms with Gasteiger partial charge in [0, 0.05) is 18.5 Å². The number of rotatable bonds is 5. The molecule has 3 rings (SSSR count). The molecule has 2 aliphatic carbocycles. The molecular weight excluding hydrogens is 246 g/mol. The summed E-state index contributed by atoms with van der Waals surface area (Å²) >= 11 is 0. The molecule has 0 spiro atoms. The van der Waals surface area contributed by atoms with Gasteiger partial charge in [-0.1, -0.05) is 45.0 Å². The molecule has 1 aromatic rings. The van der Waals surface area contributed by atoms with Crippen LogP contribution in [0, 0.1) is 11.8 Å². The summed E-state index contributed by atoms with van der Waals surface area (Å²) in [5.74, 6) is 1.88. The van der Waals surface area contributed by atoms with E-state index in [1.807, 2.05) is 0 Å². The van der Waals surface area contributed by atoms with Crippen molar-refractivity contribution < 1.29 is 4.79 Å². The van der Waals surface area contributed by atoms with Gasteiger partial charge in [0.2, 0.25) is 5.91 Å². The number of benzene rings is 1. The molecule has 0 saturated heterocycles. The standard InChI is InChI=1S/C18H25NO/c1-12(2)15-6-4-14(5-7-15)11-19(16-8-9-16)18(20)17-10-13(17)3/h4-7,12-13,16-17H,8-11H2,1-3H3/t13-,17+/m0/s1. The Kier molecular flexibility index (Phi) is 3.57. The largest absolute Gasteiger partial charge is 0.335 e. The van der Waals surface area contributed by atoms with Crippen LogP contribution in [0.4, 0.5) is 0 Å². The summed E-state index contributed by atoms with van der Waals surface area (Å²) in [5, 5.41) is 0. The van der Waals surface area contributed by atoms with Crippen LogP contribution in [-0.2, 0) is 11.3 Å². The summed E-state index contributed by atoms with van der Waals surface area (Å²) in [4.78, 5) is 14.6. The summed E-state index contributed by atoms with van der Waals surface area (Å²) in [5.41, 5.74) is 2.64. The molecule has 0 N–H and O–H groups in total. The minimum Gasteiger partial charge on any atom is -0.335 e. The Hall–Kier alpha value is -1.31. The second kappa shape index (κ2) is 5.23. The number of nitrogens with zero attached hydrogens (tertiary/aromatic N) is 1. The number of amides is 1. The molecule has 1 amide bonds. The normalized spacial score (nSPS) is 24.8. The Morgan fingerprint density at radius 2 is 1.85 bits per heavy atom. The van der Waals surface area contributed by atoms with Gasteiger partial charge in [-0.15, -0.1) is 0 Å². The van der Waals surface area contributed by atoms with Crippen molar-refractivity contribution in [1.82, 2.24) is 4.90 Å². The first-order valence-corrected chi connectivity index (χ1v) is 7.95. The zero-order valence-corrected chi connectivity index (χ0v) is 12.8. The van der Waals surface area contributed by atoms with E-state index >= 15 is 0 Å². The van der Waals surface area contributed by atoms with Crippen molar-refractivity contribution in [1.29, 1.82) is 0 Å². The lowest BCUT2D eigenvalue weighted by molar-refractivity contribution is -0.134. The van der Waals surface area contributed by atoms with Gasteiger partial charge in [-0.25, -0.2) is 0 Å². The molecule has 2 saturated carbocycles. The fraction of sp³-hybridized carbons (Fsp3) is 0.611. The van der Waals surface area contributed by atoms with Crippen molar-refractivity contribution in [2.75, 3.05) is 0 Å². The molecule has 0 aromatic heterocycles. The van der Waals surface area contributed by atoms with Crippen molar-refractivity contribution in [3.8, 4) is 0 Å². The van der Waals surface area contributed by atoms with Crippen LogP contribution in [-0.4, -0.2) is 16.8 Å². The highest BCUT2D eigenvalue weighted by Gasteiger charge is 2.44. The zero-order chi connectivity index (χ0) is 14.3. The van der Waals surface area contributed by atoms with Crippen LogP contribution in [0.5, 0.6) is 0 Å². The molecule has 108 valence electrons. The third-order valence-corrected chi connectivity index (χ3v) is 4.70. The van der Waals surface area contributed by atoms with Crippen LogP contribution in [0.3, 0.4) is 0 Å². The van der Waals surface area contributed by atoms with Crippen molar-refractivity contribution in [3.63, 3.8) is 0 Å². The summed E-state index contributed by atoms with van der Waals surface area (Å²) in [6, 6.07) is 9.30. The maximum atomic E-state index is 12.5. The van der Waals surface area contributed by atoms with E-state index in [4.69, 9.17) is 0 Å². The summed E-state index contributed by atoms with van der Waals surface area (Å²) < 4.78 is 0. The van der Waals surface area contributed by atoms with Gasteiger partial charge in [0.1, 0.15) is 0 Å². The molecule has 0 aliphatic heterocycles. The first-order valence-electron chi connectivity index (χ1n) is 7.95. The van der Waals surface area contributed by atoms with Crippen LogP contribution in [0.25, 0.3) is 0 Å². The van der Waals surface area contributed by atoms with Crippen LogP contribution < -0.4 is 0 Å². The molecule has 0 heterocycles. The Morgan fingerprint density at radius 1 is 1.25 bits per heavy atom. The average Bonchev–Trinajstić information content (AvgIpc) is 3.32. The molecule has 2 aliphatic rings. The van der Waals surface area contributed by atoms with Gasteiger partial charge in [-0.05, 0) is 42.2 Å². The second-order valence-corrected chi connectivity index (χ2v) is 6.91. The maximum Gasteiger partial charge on any atom is 0.226 e. The lowest BCUT2D eigenvalue weighted by Gasteiger charge is -2.23. The van der Waals surface area contributed by atoms with Crippen molar-refractivity contribution in [3.05, 3.63) is 35.4 Å². The van der Waals surface area contributed by atoms with Crippen LogP contribution in [0.2, 0.25) is 0 Å². The lowest BCUT2D eigenvalue weighted by Crippen LogP contribution is -2.34. The Bertz CT molecular complexity index is 487. The summed E-state index contributed by atoms with van der Waals surface area (Å²) in [6.45, 7) is 7.41. The SMILES string of the molecule is CC(C)c1ccc(CN(C(=O)[C@@H]2C[C@@H]2C)C2CC2)cc1. The highest BCUT2D eigenvalue weighted by molar-refractivity contribution is 5.82. The molecule has 2 atom stereocenters. The smallest absolute Gasteiger partial charge is 0.226 e. The summed E-state index contributed by atoms with van der Waals surface area (Å²) in [7, 11) is 0. The molecule has 0 radical (unpaired) electrons. The minimum absolute atomic E-state index is 0.311. The molecule has 2 heteroatoms. The third kappa shape index (κ3) is 2.89. The van der Waals surface area contributed by atoms with Gasteiger partial charge < -0.3 is 4.90 Å². The first kappa shape index (κ1) is 13.7. The van der Waals surface area contributed by atoms with E-state index in [1.165, 1.54) is 24.0 Å². The predicted octanol–water partition coefficient (Wildman–Crippen LogP) is 3.96. The van der Waals surface area contributed by atoms with Crippen LogP contribution in [0.15, 0.2) is 24.3 Å². The summed E-state index contributed by atoms with van der Waals surface area (Å²) in [6.07, 6.45) is 3.47. The van der Waals surface area contributed by atoms with Gasteiger partial charge in [0.15, 0.2) is 0 Å². The highest BCUT2D eigenvalue weighted by atomic mass is 16.2. The topological polar surface area (TPSA) is 20.3 Å². The average molecular weight is 271 g/mol. The van der Waals surface area contributed by atoms with Gasteiger partial charge in [0.05, 0.1) is 0 Å². The van der Waals surface area contributed by atoms with Crippen molar-refractivity contribution >= 4 is 5.91 Å². The van der Waals surface area contributed by atoms with Gasteiger partial charge in [-0.2, -0.15) is 0 Å². The zero-order valence-electron chi connectivity index (χ0n) is 12.8. The van der Waals surface area contributed by atoms with Crippen molar-refractivity contribution in [2.45, 2.75) is 58.5 Å². The Morgan fingerprint density at radius 3 is 2.30 bits per heavy atom. The van der Waals surface area contributed by atoms with E-state index in [-0.39, 0.29) is 0 Å². The molecule has 2 fully saturated rings. The fourth-order valence-electron chi connectivity index (χ4n) is 2.86. The van der Waals surface area contributed by atoms with E-state index in [2.05, 4.69) is 49.9 Å². The molecule has 2 nitrogen and oxygen atoms in total. The number of carbonyl (C=O) groups is 1. The quantitative estimate of drug-likeness (QED) is 0.794. The molecule has 20 heavy (non-hydrogen) atoms. The van der Waals surface area contributed by atoms with E-state index < -0.39 is 0 Å². The molecular formula is C18H25NO. The van der Waals surface area contributed by atoms with Crippen LogP contribution >= 0.6 is 0 Å². The van der Waals surface area contributed by atoms with Gasteiger partial charge >= 0.3 is 0 Å². The minimum atomic E-state index is 0.311. The monoisotopic (exact) mass is 271 g/mol. The van der Waals surface area contributed by atoms with E-state index in [0.29, 0.717) is 29.7 Å². The highest BCUT2D eigenvalue weighted by Crippen LogP contribution is 2.42. The Balaban J connectivity index is 1.68. The first-order chi connectivity index (χ1) is 9.56. The lowest BCUT2D eigenvalue weighted by atomic mass is 10.0. The van der Waals surface area contributed by atoms with E-state index in [9.17, 15) is 4.79 Å². The number of hydrogen-bond acceptors (Lipinski definition) is 1. The third-order valence-electron chi connectivity index (χ3n) is 4.70. The van der Waals surface area contributed by atoms with Gasteiger partial charge in [-0.3, -0.25) is 4.79 Å². The van der Waals surface area contributed by atoms with Crippen molar-refractivity contribution in [2.24, 2.45) is 11.8 Å². The molecule has 0 unspecified atom stereocenters. The maximum absolute atomic E-state index is 12.5. The number of hydrogen-bond donors (Lipinski definition) is 0. The van der Waals surface area contributed by atoms with Gasteiger partial charge in [0.25, 0.3) is 0 Å². The van der Waals surface area contributed by atoms with E-state index in [1.54, 1.807) is 0 Å². The second-order valence-electron chi connectivity index (χ2n) is 6.91. The fourth-order valence-corrected chi connectivity index (χ4v) is 2.86. The molecule has 0 bridgehead atoms.